The lowest BCUT2D eigenvalue weighted by Crippen LogP contribution is -2.25. The van der Waals surface area contributed by atoms with Gasteiger partial charge in [-0.05, 0) is 43.4 Å². The summed E-state index contributed by atoms with van der Waals surface area (Å²) in [7, 11) is 0. The first-order valence-electron chi connectivity index (χ1n) is 7.20. The Kier molecular flexibility index (Phi) is 3.61. The van der Waals surface area contributed by atoms with E-state index < -0.39 is 11.5 Å². The molecule has 4 heteroatoms. The van der Waals surface area contributed by atoms with Crippen molar-refractivity contribution in [1.82, 2.24) is 4.98 Å². The zero-order valence-corrected chi connectivity index (χ0v) is 12.6. The maximum atomic E-state index is 10.9. The Morgan fingerprint density at radius 2 is 2.29 bits per heavy atom. The fourth-order valence-corrected chi connectivity index (χ4v) is 3.63. The number of halogens is 1. The molecular weight excluding hydrogens is 284 g/mol. The van der Waals surface area contributed by atoms with E-state index in [9.17, 15) is 10.4 Å². The molecule has 1 aromatic heterocycles. The lowest BCUT2D eigenvalue weighted by atomic mass is 9.77. The molecule has 2 aromatic rings. The molecule has 1 aliphatic rings. The number of fused-ring (bicyclic) bond motifs is 1. The van der Waals surface area contributed by atoms with Crippen molar-refractivity contribution < 1.29 is 5.11 Å². The lowest BCUT2D eigenvalue weighted by molar-refractivity contribution is 0.0658. The highest BCUT2D eigenvalue weighted by Gasteiger charge is 2.45. The van der Waals surface area contributed by atoms with E-state index in [1.165, 1.54) is 0 Å². The maximum Gasteiger partial charge on any atom is 0.0997 e. The van der Waals surface area contributed by atoms with Crippen LogP contribution in [0, 0.1) is 22.7 Å². The van der Waals surface area contributed by atoms with Gasteiger partial charge >= 0.3 is 0 Å². The molecule has 0 radical (unpaired) electrons. The van der Waals surface area contributed by atoms with E-state index >= 15 is 0 Å². The highest BCUT2D eigenvalue weighted by Crippen LogP contribution is 2.50. The van der Waals surface area contributed by atoms with E-state index in [1.807, 2.05) is 12.1 Å². The topological polar surface area (TPSA) is 56.9 Å². The first-order chi connectivity index (χ1) is 10.1. The van der Waals surface area contributed by atoms with Crippen LogP contribution in [-0.2, 0) is 0 Å². The van der Waals surface area contributed by atoms with Crippen molar-refractivity contribution in [1.29, 1.82) is 5.26 Å². The number of rotatable bonds is 2. The number of nitrogens with zero attached hydrogens (tertiary/aromatic N) is 2. The van der Waals surface area contributed by atoms with E-state index in [1.54, 1.807) is 18.3 Å². The van der Waals surface area contributed by atoms with Crippen LogP contribution in [-0.4, -0.2) is 10.1 Å². The Morgan fingerprint density at radius 1 is 1.48 bits per heavy atom. The monoisotopic (exact) mass is 300 g/mol. The molecule has 3 unspecified atom stereocenters. The van der Waals surface area contributed by atoms with Crippen LogP contribution in [0.1, 0.15) is 37.9 Å². The van der Waals surface area contributed by atoms with Crippen molar-refractivity contribution in [3.63, 3.8) is 0 Å². The van der Waals surface area contributed by atoms with Crippen molar-refractivity contribution in [3.05, 3.63) is 41.0 Å². The molecule has 1 aliphatic carbocycles. The Bertz CT molecular complexity index is 724. The molecule has 108 valence electrons. The minimum atomic E-state index is -0.831. The number of pyridine rings is 1. The molecule has 3 atom stereocenters. The van der Waals surface area contributed by atoms with Gasteiger partial charge in [-0.2, -0.15) is 5.26 Å². The normalized spacial score (nSPS) is 26.7. The van der Waals surface area contributed by atoms with Gasteiger partial charge in [-0.25, -0.2) is 0 Å². The zero-order chi connectivity index (χ0) is 15.0. The number of aliphatic hydroxyl groups is 1. The number of hydrogen-bond donors (Lipinski definition) is 1. The number of hydrogen-bond acceptors (Lipinski definition) is 3. The van der Waals surface area contributed by atoms with Crippen LogP contribution in [0.25, 0.3) is 10.9 Å². The molecule has 3 nitrogen and oxygen atoms in total. The summed E-state index contributed by atoms with van der Waals surface area (Å²) in [6.07, 6.45) is 3.28. The van der Waals surface area contributed by atoms with Crippen molar-refractivity contribution in [3.8, 4) is 6.07 Å². The summed E-state index contributed by atoms with van der Waals surface area (Å²) in [4.78, 5) is 4.37. The second-order valence-electron chi connectivity index (χ2n) is 6.05. The molecule has 1 fully saturated rings. The fraction of sp³-hybridized carbons (Fsp3) is 0.412. The quantitative estimate of drug-likeness (QED) is 0.902. The third-order valence-corrected chi connectivity index (χ3v) is 4.91. The van der Waals surface area contributed by atoms with E-state index in [0.717, 1.165) is 24.6 Å². The summed E-state index contributed by atoms with van der Waals surface area (Å²) in [5, 5.41) is 21.9. The molecule has 21 heavy (non-hydrogen) atoms. The van der Waals surface area contributed by atoms with Crippen LogP contribution in [0.2, 0.25) is 5.02 Å². The van der Waals surface area contributed by atoms with Gasteiger partial charge in [0, 0.05) is 22.2 Å². The van der Waals surface area contributed by atoms with Crippen molar-refractivity contribution in [2.45, 2.75) is 32.3 Å². The van der Waals surface area contributed by atoms with Gasteiger partial charge in [-0.1, -0.05) is 24.6 Å². The van der Waals surface area contributed by atoms with Crippen molar-refractivity contribution in [2.75, 3.05) is 0 Å². The molecule has 0 amide bonds. The van der Waals surface area contributed by atoms with E-state index in [-0.39, 0.29) is 0 Å². The first kappa shape index (κ1) is 14.3. The van der Waals surface area contributed by atoms with Crippen molar-refractivity contribution >= 4 is 22.5 Å². The van der Waals surface area contributed by atoms with Gasteiger partial charge < -0.3 is 5.11 Å². The summed E-state index contributed by atoms with van der Waals surface area (Å²) in [6, 6.07) is 9.65. The van der Waals surface area contributed by atoms with E-state index in [0.29, 0.717) is 22.0 Å². The Labute approximate surface area is 129 Å². The molecule has 1 saturated carbocycles. The van der Waals surface area contributed by atoms with Crippen LogP contribution in [0.3, 0.4) is 0 Å². The average molecular weight is 301 g/mol. The predicted molar refractivity (Wildman–Crippen MR) is 82.8 cm³/mol. The van der Waals surface area contributed by atoms with Gasteiger partial charge in [0.1, 0.15) is 0 Å². The first-order valence-corrected chi connectivity index (χ1v) is 7.57. The maximum absolute atomic E-state index is 10.9. The molecule has 0 bridgehead atoms. The van der Waals surface area contributed by atoms with Gasteiger partial charge in [0.25, 0.3) is 0 Å². The second kappa shape index (κ2) is 5.29. The Morgan fingerprint density at radius 3 is 2.95 bits per heavy atom. The fourth-order valence-electron chi connectivity index (χ4n) is 3.42. The van der Waals surface area contributed by atoms with Gasteiger partial charge in [-0.15, -0.1) is 0 Å². The summed E-state index contributed by atoms with van der Waals surface area (Å²) in [5.41, 5.74) is 0.676. The SMILES string of the molecule is CC1CCC(C#N)(C(O)c2ccc(Cl)c3cccnc23)C1. The minimum absolute atomic E-state index is 0.464. The standard InChI is InChI=1S/C17H17ClN2O/c1-11-6-7-17(9-11,10-19)16(21)13-4-5-14(18)12-3-2-8-20-15(12)13/h2-5,8,11,16,21H,6-7,9H2,1H3. The van der Waals surface area contributed by atoms with E-state index in [4.69, 9.17) is 11.6 Å². The van der Waals surface area contributed by atoms with Crippen LogP contribution in [0.15, 0.2) is 30.5 Å². The molecule has 0 spiro atoms. The highest BCUT2D eigenvalue weighted by molar-refractivity contribution is 6.35. The highest BCUT2D eigenvalue weighted by atomic mass is 35.5. The predicted octanol–water partition coefficient (Wildman–Crippen LogP) is 4.25. The molecule has 0 aliphatic heterocycles. The summed E-state index contributed by atoms with van der Waals surface area (Å²) in [6.45, 7) is 2.13. The minimum Gasteiger partial charge on any atom is -0.387 e. The van der Waals surface area contributed by atoms with E-state index in [2.05, 4.69) is 18.0 Å². The van der Waals surface area contributed by atoms with Gasteiger partial charge in [0.15, 0.2) is 0 Å². The van der Waals surface area contributed by atoms with Crippen LogP contribution >= 0.6 is 11.6 Å². The van der Waals surface area contributed by atoms with Crippen molar-refractivity contribution in [2.24, 2.45) is 11.3 Å². The van der Waals surface area contributed by atoms with Gasteiger partial charge in [0.05, 0.1) is 23.1 Å². The number of benzene rings is 1. The second-order valence-corrected chi connectivity index (χ2v) is 6.46. The molecule has 1 aromatic carbocycles. The molecule has 0 saturated heterocycles. The number of aliphatic hydroxyl groups excluding tert-OH is 1. The van der Waals surface area contributed by atoms with Gasteiger partial charge in [-0.3, -0.25) is 4.98 Å². The molecule has 1 heterocycles. The smallest absolute Gasteiger partial charge is 0.0997 e. The number of aromatic nitrogens is 1. The van der Waals surface area contributed by atoms with Crippen LogP contribution in [0.4, 0.5) is 0 Å². The summed E-state index contributed by atoms with van der Waals surface area (Å²) < 4.78 is 0. The Balaban J connectivity index is 2.13. The average Bonchev–Trinajstić information content (AvgIpc) is 2.90. The molecule has 3 rings (SSSR count). The van der Waals surface area contributed by atoms with Crippen LogP contribution < -0.4 is 0 Å². The Hall–Kier alpha value is -1.63. The van der Waals surface area contributed by atoms with Crippen LogP contribution in [0.5, 0.6) is 0 Å². The number of nitriles is 1. The third kappa shape index (κ3) is 2.29. The molecule has 1 N–H and O–H groups in total. The summed E-state index contributed by atoms with van der Waals surface area (Å²) >= 11 is 6.20. The zero-order valence-electron chi connectivity index (χ0n) is 11.9. The van der Waals surface area contributed by atoms with Gasteiger partial charge in [0.2, 0.25) is 0 Å². The lowest BCUT2D eigenvalue weighted by Gasteiger charge is -2.28. The third-order valence-electron chi connectivity index (χ3n) is 4.58. The molecular formula is C17H17ClN2O. The summed E-state index contributed by atoms with van der Waals surface area (Å²) in [5.74, 6) is 0.464. The largest absolute Gasteiger partial charge is 0.387 e.